The minimum atomic E-state index is -0.317. The number of hydrogen-bond acceptors (Lipinski definition) is 1. The van der Waals surface area contributed by atoms with Crippen LogP contribution in [0.5, 0.6) is 0 Å². The highest BCUT2D eigenvalue weighted by Crippen LogP contribution is 2.15. The molecule has 1 rings (SSSR count). The molecule has 0 unspecified atom stereocenters. The van der Waals surface area contributed by atoms with E-state index < -0.39 is 0 Å². The molecule has 0 aliphatic heterocycles. The minimum absolute atomic E-state index is 0.226. The first-order valence-electron chi connectivity index (χ1n) is 3.54. The maximum Gasteiger partial charge on any atom is 0.123 e. The Morgan fingerprint density at radius 1 is 1.55 bits per heavy atom. The SMILES string of the molecule is CC[C](O)c1cccc(F)c1. The number of aliphatic hydroxyl groups excluding tert-OH is 1. The highest BCUT2D eigenvalue weighted by molar-refractivity contribution is 5.26. The molecule has 1 aromatic rings. The van der Waals surface area contributed by atoms with Crippen molar-refractivity contribution < 1.29 is 9.50 Å². The van der Waals surface area contributed by atoms with Crippen LogP contribution in [0.15, 0.2) is 24.3 Å². The van der Waals surface area contributed by atoms with Crippen LogP contribution in [-0.4, -0.2) is 5.11 Å². The van der Waals surface area contributed by atoms with E-state index in [0.29, 0.717) is 12.0 Å². The van der Waals surface area contributed by atoms with E-state index in [1.54, 1.807) is 12.1 Å². The first kappa shape index (κ1) is 8.21. The van der Waals surface area contributed by atoms with Gasteiger partial charge in [-0.15, -0.1) is 0 Å². The predicted molar refractivity (Wildman–Crippen MR) is 41.0 cm³/mol. The van der Waals surface area contributed by atoms with Crippen LogP contribution in [-0.2, 0) is 0 Å². The molecule has 1 aromatic carbocycles. The molecule has 0 amide bonds. The summed E-state index contributed by atoms with van der Waals surface area (Å²) in [5, 5.41) is 9.20. The average Bonchev–Trinajstić information content (AvgIpc) is 2.03. The average molecular weight is 153 g/mol. The normalized spacial score (nSPS) is 10.5. The van der Waals surface area contributed by atoms with E-state index in [1.165, 1.54) is 12.1 Å². The third-order valence-electron chi connectivity index (χ3n) is 1.49. The van der Waals surface area contributed by atoms with Crippen molar-refractivity contribution in [2.75, 3.05) is 0 Å². The lowest BCUT2D eigenvalue weighted by Gasteiger charge is -2.05. The molecule has 0 spiro atoms. The smallest absolute Gasteiger partial charge is 0.123 e. The van der Waals surface area contributed by atoms with Crippen LogP contribution in [0.3, 0.4) is 0 Å². The van der Waals surface area contributed by atoms with E-state index in [0.717, 1.165) is 0 Å². The lowest BCUT2D eigenvalue weighted by molar-refractivity contribution is 0.318. The van der Waals surface area contributed by atoms with Gasteiger partial charge in [-0.25, -0.2) is 4.39 Å². The fourth-order valence-electron chi connectivity index (χ4n) is 0.872. The molecule has 1 radical (unpaired) electrons. The maximum absolute atomic E-state index is 12.5. The molecule has 1 N–H and O–H groups in total. The van der Waals surface area contributed by atoms with E-state index in [-0.39, 0.29) is 11.9 Å². The summed E-state index contributed by atoms with van der Waals surface area (Å²) in [4.78, 5) is 0. The van der Waals surface area contributed by atoms with Gasteiger partial charge in [0.1, 0.15) is 11.9 Å². The summed E-state index contributed by atoms with van der Waals surface area (Å²) in [5.74, 6) is -0.317. The van der Waals surface area contributed by atoms with Crippen molar-refractivity contribution in [2.45, 2.75) is 13.3 Å². The Balaban J connectivity index is 2.86. The van der Waals surface area contributed by atoms with Crippen molar-refractivity contribution in [3.63, 3.8) is 0 Å². The second kappa shape index (κ2) is 3.49. The molecule has 1 nitrogen and oxygen atoms in total. The van der Waals surface area contributed by atoms with Crippen LogP contribution in [0.25, 0.3) is 0 Å². The molecule has 59 valence electrons. The van der Waals surface area contributed by atoms with Gasteiger partial charge < -0.3 is 5.11 Å². The molecule has 0 heterocycles. The van der Waals surface area contributed by atoms with Crippen molar-refractivity contribution in [1.29, 1.82) is 0 Å². The van der Waals surface area contributed by atoms with Crippen LogP contribution in [0.4, 0.5) is 4.39 Å². The Hall–Kier alpha value is -0.890. The van der Waals surface area contributed by atoms with Crippen LogP contribution >= 0.6 is 0 Å². The molecule has 0 bridgehead atoms. The lowest BCUT2D eigenvalue weighted by atomic mass is 10.1. The van der Waals surface area contributed by atoms with Crippen molar-refractivity contribution >= 4 is 0 Å². The third-order valence-corrected chi connectivity index (χ3v) is 1.49. The van der Waals surface area contributed by atoms with Crippen LogP contribution in [0, 0.1) is 11.9 Å². The van der Waals surface area contributed by atoms with Crippen molar-refractivity contribution in [2.24, 2.45) is 0 Å². The van der Waals surface area contributed by atoms with Crippen LogP contribution in [0.1, 0.15) is 18.9 Å². The van der Waals surface area contributed by atoms with E-state index in [4.69, 9.17) is 0 Å². The van der Waals surface area contributed by atoms with Gasteiger partial charge in [-0.1, -0.05) is 19.1 Å². The summed E-state index contributed by atoms with van der Waals surface area (Å²) < 4.78 is 12.5. The van der Waals surface area contributed by atoms with E-state index >= 15 is 0 Å². The van der Waals surface area contributed by atoms with Gasteiger partial charge in [0.2, 0.25) is 0 Å². The second-order valence-electron chi connectivity index (χ2n) is 2.31. The minimum Gasteiger partial charge on any atom is -0.382 e. The second-order valence-corrected chi connectivity index (χ2v) is 2.31. The molecule has 2 heteroatoms. The van der Waals surface area contributed by atoms with Crippen LogP contribution in [0.2, 0.25) is 0 Å². The Labute approximate surface area is 65.5 Å². The van der Waals surface area contributed by atoms with Gasteiger partial charge in [0.05, 0.1) is 0 Å². The van der Waals surface area contributed by atoms with E-state index in [1.807, 2.05) is 6.92 Å². The fourth-order valence-corrected chi connectivity index (χ4v) is 0.872. The topological polar surface area (TPSA) is 20.2 Å². The van der Waals surface area contributed by atoms with Gasteiger partial charge in [0.15, 0.2) is 0 Å². The van der Waals surface area contributed by atoms with Gasteiger partial charge in [-0.2, -0.15) is 0 Å². The summed E-state index contributed by atoms with van der Waals surface area (Å²) in [6.07, 6.45) is 0.758. The highest BCUT2D eigenvalue weighted by atomic mass is 19.1. The summed E-state index contributed by atoms with van der Waals surface area (Å²) in [6, 6.07) is 5.93. The number of halogens is 1. The largest absolute Gasteiger partial charge is 0.382 e. The molecule has 0 saturated carbocycles. The van der Waals surface area contributed by atoms with Gasteiger partial charge in [0, 0.05) is 0 Å². The standard InChI is InChI=1S/C9H10FO/c1-2-9(11)7-4-3-5-8(10)6-7/h3-6,11H,2H2,1H3. The fraction of sp³-hybridized carbons (Fsp3) is 0.222. The highest BCUT2D eigenvalue weighted by Gasteiger charge is 2.05. The molecular weight excluding hydrogens is 143 g/mol. The molecular formula is C9H10FO. The van der Waals surface area contributed by atoms with Gasteiger partial charge in [-0.05, 0) is 24.1 Å². The molecule has 0 aromatic heterocycles. The maximum atomic E-state index is 12.5. The van der Waals surface area contributed by atoms with E-state index in [9.17, 15) is 9.50 Å². The summed E-state index contributed by atoms with van der Waals surface area (Å²) in [6.45, 7) is 1.82. The Morgan fingerprint density at radius 3 is 2.82 bits per heavy atom. The van der Waals surface area contributed by atoms with Crippen molar-refractivity contribution in [3.8, 4) is 0 Å². The first-order valence-corrected chi connectivity index (χ1v) is 3.54. The summed E-state index contributed by atoms with van der Waals surface area (Å²) in [7, 11) is 0. The number of hydrogen-bond donors (Lipinski definition) is 1. The zero-order chi connectivity index (χ0) is 8.27. The Bertz CT molecular complexity index is 235. The number of rotatable bonds is 2. The van der Waals surface area contributed by atoms with Gasteiger partial charge >= 0.3 is 0 Å². The lowest BCUT2D eigenvalue weighted by Crippen LogP contribution is -1.95. The quantitative estimate of drug-likeness (QED) is 0.692. The molecule has 0 saturated heterocycles. The van der Waals surface area contributed by atoms with Crippen molar-refractivity contribution in [3.05, 3.63) is 41.8 Å². The van der Waals surface area contributed by atoms with Gasteiger partial charge in [-0.3, -0.25) is 0 Å². The monoisotopic (exact) mass is 153 g/mol. The Kier molecular flexibility index (Phi) is 2.60. The third kappa shape index (κ3) is 2.02. The summed E-state index contributed by atoms with van der Waals surface area (Å²) in [5.41, 5.74) is 0.563. The molecule has 0 aliphatic carbocycles. The predicted octanol–water partition coefficient (Wildman–Crippen LogP) is 2.49. The summed E-state index contributed by atoms with van der Waals surface area (Å²) >= 11 is 0. The molecule has 0 atom stereocenters. The van der Waals surface area contributed by atoms with Crippen molar-refractivity contribution in [1.82, 2.24) is 0 Å². The van der Waals surface area contributed by atoms with Crippen LogP contribution < -0.4 is 0 Å². The molecule has 0 aliphatic rings. The van der Waals surface area contributed by atoms with Gasteiger partial charge in [0.25, 0.3) is 0 Å². The Morgan fingerprint density at radius 2 is 2.27 bits per heavy atom. The zero-order valence-electron chi connectivity index (χ0n) is 6.34. The first-order chi connectivity index (χ1) is 5.24. The molecule has 0 fully saturated rings. The number of benzene rings is 1. The van der Waals surface area contributed by atoms with E-state index in [2.05, 4.69) is 0 Å². The molecule has 11 heavy (non-hydrogen) atoms. The number of aliphatic hydroxyl groups is 1. The zero-order valence-corrected chi connectivity index (χ0v) is 6.34.